The predicted molar refractivity (Wildman–Crippen MR) is 90.1 cm³/mol. The summed E-state index contributed by atoms with van der Waals surface area (Å²) in [6, 6.07) is 14.7. The first-order valence-electron chi connectivity index (χ1n) is 7.83. The lowest BCUT2D eigenvalue weighted by Gasteiger charge is -2.18. The van der Waals surface area contributed by atoms with Crippen molar-refractivity contribution in [1.29, 1.82) is 0 Å². The summed E-state index contributed by atoms with van der Waals surface area (Å²) in [5.74, 6) is -1.70. The van der Waals surface area contributed by atoms with Gasteiger partial charge in [0, 0.05) is 5.69 Å². The van der Waals surface area contributed by atoms with Crippen molar-refractivity contribution in [2.75, 3.05) is 5.32 Å². The van der Waals surface area contributed by atoms with Crippen molar-refractivity contribution in [1.82, 2.24) is 0 Å². The number of ether oxygens (including phenoxy) is 1. The van der Waals surface area contributed by atoms with Crippen LogP contribution in [0.1, 0.15) is 31.7 Å². The number of nitrogens with one attached hydrogen (secondary N) is 1. The zero-order valence-corrected chi connectivity index (χ0v) is 13.7. The van der Waals surface area contributed by atoms with E-state index in [0.29, 0.717) is 12.1 Å². The summed E-state index contributed by atoms with van der Waals surface area (Å²) >= 11 is 0. The van der Waals surface area contributed by atoms with Crippen LogP contribution in [0.15, 0.2) is 54.6 Å². The standard InChI is InChI=1S/C19H20FNO3/c1-3-17(14-7-5-4-6-8-14)19(23)24-13(2)18(22)21-16-11-9-15(20)10-12-16/h4-13,17H,3H2,1-2H3,(H,21,22)/t13-,17+/m0/s1. The number of carbonyl (C=O) groups excluding carboxylic acids is 2. The van der Waals surface area contributed by atoms with E-state index in [1.165, 1.54) is 31.2 Å². The zero-order valence-electron chi connectivity index (χ0n) is 13.7. The highest BCUT2D eigenvalue weighted by Gasteiger charge is 2.25. The Kier molecular flexibility index (Phi) is 6.07. The summed E-state index contributed by atoms with van der Waals surface area (Å²) in [6.45, 7) is 3.40. The number of anilines is 1. The zero-order chi connectivity index (χ0) is 17.5. The van der Waals surface area contributed by atoms with Crippen LogP contribution in [0.4, 0.5) is 10.1 Å². The van der Waals surface area contributed by atoms with E-state index in [1.54, 1.807) is 0 Å². The Morgan fingerprint density at radius 2 is 1.71 bits per heavy atom. The van der Waals surface area contributed by atoms with Crippen LogP contribution in [0.25, 0.3) is 0 Å². The SMILES string of the molecule is CC[C@@H](C(=O)O[C@@H](C)C(=O)Nc1ccc(F)cc1)c1ccccc1. The van der Waals surface area contributed by atoms with E-state index in [4.69, 9.17) is 4.74 Å². The molecule has 2 rings (SSSR count). The number of hydrogen-bond acceptors (Lipinski definition) is 3. The molecule has 0 unspecified atom stereocenters. The van der Waals surface area contributed by atoms with Gasteiger partial charge in [0.05, 0.1) is 5.92 Å². The largest absolute Gasteiger partial charge is 0.452 e. The van der Waals surface area contributed by atoms with Crippen molar-refractivity contribution in [2.24, 2.45) is 0 Å². The van der Waals surface area contributed by atoms with Gasteiger partial charge >= 0.3 is 5.97 Å². The Balaban J connectivity index is 1.97. The summed E-state index contributed by atoms with van der Waals surface area (Å²) in [4.78, 5) is 24.4. The molecule has 0 aliphatic carbocycles. The number of amides is 1. The molecule has 0 bridgehead atoms. The first-order valence-corrected chi connectivity index (χ1v) is 7.83. The number of halogens is 1. The van der Waals surface area contributed by atoms with Gasteiger partial charge in [-0.1, -0.05) is 37.3 Å². The van der Waals surface area contributed by atoms with Crippen molar-refractivity contribution in [3.05, 3.63) is 66.0 Å². The predicted octanol–water partition coefficient (Wildman–Crippen LogP) is 3.89. The summed E-state index contributed by atoms with van der Waals surface area (Å²) in [6.07, 6.45) is -0.366. The van der Waals surface area contributed by atoms with Gasteiger partial charge in [0.25, 0.3) is 5.91 Å². The van der Waals surface area contributed by atoms with Gasteiger partial charge in [0.1, 0.15) is 5.82 Å². The second kappa shape index (κ2) is 8.24. The number of benzene rings is 2. The van der Waals surface area contributed by atoms with Crippen LogP contribution in [0.2, 0.25) is 0 Å². The van der Waals surface area contributed by atoms with Crippen LogP contribution >= 0.6 is 0 Å². The molecule has 5 heteroatoms. The molecule has 2 atom stereocenters. The summed E-state index contributed by atoms with van der Waals surface area (Å²) in [5, 5.41) is 2.59. The van der Waals surface area contributed by atoms with E-state index in [2.05, 4.69) is 5.32 Å². The average Bonchev–Trinajstić information content (AvgIpc) is 2.58. The highest BCUT2D eigenvalue weighted by Crippen LogP contribution is 2.21. The van der Waals surface area contributed by atoms with E-state index < -0.39 is 23.9 Å². The summed E-state index contributed by atoms with van der Waals surface area (Å²) in [5.41, 5.74) is 1.30. The molecule has 24 heavy (non-hydrogen) atoms. The minimum Gasteiger partial charge on any atom is -0.452 e. The van der Waals surface area contributed by atoms with E-state index >= 15 is 0 Å². The van der Waals surface area contributed by atoms with Crippen molar-refractivity contribution in [3.63, 3.8) is 0 Å². The molecule has 1 amide bonds. The first-order chi connectivity index (χ1) is 11.5. The molecule has 1 N–H and O–H groups in total. The Bertz CT molecular complexity index is 686. The van der Waals surface area contributed by atoms with Crippen LogP contribution in [-0.2, 0) is 14.3 Å². The lowest BCUT2D eigenvalue weighted by molar-refractivity contribution is -0.154. The lowest BCUT2D eigenvalue weighted by atomic mass is 9.97. The third-order valence-corrected chi connectivity index (χ3v) is 3.67. The molecule has 0 aliphatic heterocycles. The van der Waals surface area contributed by atoms with E-state index in [1.807, 2.05) is 37.3 Å². The lowest BCUT2D eigenvalue weighted by Crippen LogP contribution is -2.31. The molecular formula is C19H20FNO3. The Hall–Kier alpha value is -2.69. The maximum absolute atomic E-state index is 12.9. The number of esters is 1. The molecule has 0 radical (unpaired) electrons. The van der Waals surface area contributed by atoms with Crippen molar-refractivity contribution >= 4 is 17.6 Å². The molecule has 0 spiro atoms. The van der Waals surface area contributed by atoms with Crippen LogP contribution in [0.3, 0.4) is 0 Å². The third kappa shape index (κ3) is 4.65. The molecule has 0 fully saturated rings. The second-order valence-corrected chi connectivity index (χ2v) is 5.45. The van der Waals surface area contributed by atoms with Crippen LogP contribution in [0.5, 0.6) is 0 Å². The fourth-order valence-electron chi connectivity index (χ4n) is 2.31. The monoisotopic (exact) mass is 329 g/mol. The van der Waals surface area contributed by atoms with Gasteiger partial charge in [-0.05, 0) is 43.2 Å². The third-order valence-electron chi connectivity index (χ3n) is 3.67. The Labute approximate surface area is 140 Å². The maximum Gasteiger partial charge on any atom is 0.314 e. The van der Waals surface area contributed by atoms with Crippen molar-refractivity contribution < 1.29 is 18.7 Å². The molecule has 126 valence electrons. The fraction of sp³-hybridized carbons (Fsp3) is 0.263. The molecule has 0 heterocycles. The topological polar surface area (TPSA) is 55.4 Å². The normalized spacial score (nSPS) is 13.0. The molecule has 4 nitrogen and oxygen atoms in total. The fourth-order valence-corrected chi connectivity index (χ4v) is 2.31. The Morgan fingerprint density at radius 1 is 1.08 bits per heavy atom. The molecule has 2 aromatic rings. The molecule has 0 saturated carbocycles. The van der Waals surface area contributed by atoms with E-state index in [-0.39, 0.29) is 5.82 Å². The number of rotatable bonds is 6. The molecule has 2 aromatic carbocycles. The van der Waals surface area contributed by atoms with Crippen LogP contribution in [-0.4, -0.2) is 18.0 Å². The average molecular weight is 329 g/mol. The highest BCUT2D eigenvalue weighted by molar-refractivity contribution is 5.95. The first kappa shape index (κ1) is 17.7. The minimum absolute atomic E-state index is 0.388. The highest BCUT2D eigenvalue weighted by atomic mass is 19.1. The van der Waals surface area contributed by atoms with Gasteiger partial charge in [0.15, 0.2) is 6.10 Å². The van der Waals surface area contributed by atoms with Gasteiger partial charge in [0.2, 0.25) is 0 Å². The maximum atomic E-state index is 12.9. The van der Waals surface area contributed by atoms with Gasteiger partial charge in [-0.15, -0.1) is 0 Å². The quantitative estimate of drug-likeness (QED) is 0.818. The van der Waals surface area contributed by atoms with Crippen molar-refractivity contribution in [3.8, 4) is 0 Å². The van der Waals surface area contributed by atoms with Gasteiger partial charge < -0.3 is 10.1 Å². The number of hydrogen-bond donors (Lipinski definition) is 1. The summed E-state index contributed by atoms with van der Waals surface area (Å²) in [7, 11) is 0. The second-order valence-electron chi connectivity index (χ2n) is 5.45. The number of carbonyl (C=O) groups is 2. The van der Waals surface area contributed by atoms with Gasteiger partial charge in [-0.25, -0.2) is 4.39 Å². The molecule has 0 aliphatic rings. The minimum atomic E-state index is -0.944. The molecule has 0 saturated heterocycles. The van der Waals surface area contributed by atoms with E-state index in [9.17, 15) is 14.0 Å². The van der Waals surface area contributed by atoms with Gasteiger partial charge in [-0.2, -0.15) is 0 Å². The van der Waals surface area contributed by atoms with Gasteiger partial charge in [-0.3, -0.25) is 9.59 Å². The smallest absolute Gasteiger partial charge is 0.314 e. The van der Waals surface area contributed by atoms with Crippen molar-refractivity contribution in [2.45, 2.75) is 32.3 Å². The van der Waals surface area contributed by atoms with E-state index in [0.717, 1.165) is 5.56 Å². The Morgan fingerprint density at radius 3 is 2.29 bits per heavy atom. The summed E-state index contributed by atoms with van der Waals surface area (Å²) < 4.78 is 18.2. The molecular weight excluding hydrogens is 309 g/mol. The van der Waals surface area contributed by atoms with Crippen LogP contribution < -0.4 is 5.32 Å². The van der Waals surface area contributed by atoms with Crippen LogP contribution in [0, 0.1) is 5.82 Å². The molecule has 0 aromatic heterocycles.